The molecule has 0 aliphatic carbocycles. The van der Waals surface area contributed by atoms with Crippen LogP contribution < -0.4 is 0 Å². The molecule has 1 heterocycles. The van der Waals surface area contributed by atoms with Crippen molar-refractivity contribution in [2.75, 3.05) is 47.4 Å². The first-order valence-electron chi connectivity index (χ1n) is 11.5. The first-order chi connectivity index (χ1) is 14.1. The Labute approximate surface area is 183 Å². The number of likely N-dealkylation sites (N-methyl/N-ethyl adjacent to an activating group) is 1. The Kier molecular flexibility index (Phi) is 13.1. The number of quaternary nitrogens is 1. The van der Waals surface area contributed by atoms with Crippen molar-refractivity contribution in [2.24, 2.45) is 0 Å². The number of likely N-dealkylation sites (tertiary alicyclic amines) is 1. The van der Waals surface area contributed by atoms with Crippen molar-refractivity contribution >= 4 is 13.7 Å². The van der Waals surface area contributed by atoms with Crippen LogP contribution in [0.4, 0.5) is 0 Å². The van der Waals surface area contributed by atoms with Gasteiger partial charge in [-0.15, -0.1) is 0 Å². The van der Waals surface area contributed by atoms with Crippen LogP contribution in [0.15, 0.2) is 12.2 Å². The number of allylic oxidation sites excluding steroid dienone is 1. The first kappa shape index (κ1) is 27.3. The number of phosphoric ester groups is 1. The fraction of sp³-hybridized carbons (Fsp3) is 0.864. The number of carbonyl (C=O) groups is 1. The van der Waals surface area contributed by atoms with Crippen LogP contribution in [0.25, 0.3) is 0 Å². The molecule has 0 spiro atoms. The smallest absolute Gasteiger partial charge is 0.337 e. The molecule has 1 N–H and O–H groups in total. The van der Waals surface area contributed by atoms with Gasteiger partial charge in [0, 0.05) is 13.0 Å². The summed E-state index contributed by atoms with van der Waals surface area (Å²) >= 11 is 0. The second kappa shape index (κ2) is 14.4. The van der Waals surface area contributed by atoms with Crippen LogP contribution in [0.5, 0.6) is 0 Å². The monoisotopic (exact) mass is 447 g/mol. The lowest BCUT2D eigenvalue weighted by Gasteiger charge is -2.26. The van der Waals surface area contributed by atoms with Crippen molar-refractivity contribution in [3.63, 3.8) is 0 Å². The van der Waals surface area contributed by atoms with Crippen molar-refractivity contribution in [1.82, 2.24) is 4.90 Å². The number of nitrogens with zero attached hydrogens (tertiary/aromatic N) is 2. The summed E-state index contributed by atoms with van der Waals surface area (Å²) in [4.78, 5) is 24.2. The molecule has 30 heavy (non-hydrogen) atoms. The molecular weight excluding hydrogens is 403 g/mol. The molecule has 1 amide bonds. The highest BCUT2D eigenvalue weighted by atomic mass is 31.2. The minimum atomic E-state index is -4.09. The standard InChI is InChI=1S/C22H43N2O5P/c1-5-6-7-8-9-10-11-12-13-16-22(25)23-17-14-15-21(23)20-29-30(26,27)28-19-18-24(2,3)4/h12-13,21H,5-11,14-20H2,1-4H3/p+1/b13-12-/t21-/m0/s1. The summed E-state index contributed by atoms with van der Waals surface area (Å²) in [6.45, 7) is 3.68. The third-order valence-corrected chi connectivity index (χ3v) is 6.31. The van der Waals surface area contributed by atoms with Crippen LogP contribution in [0.2, 0.25) is 0 Å². The highest BCUT2D eigenvalue weighted by molar-refractivity contribution is 7.47. The number of carbonyl (C=O) groups excluding carboxylic acids is 1. The maximum Gasteiger partial charge on any atom is 0.472 e. The molecule has 0 saturated carbocycles. The van der Waals surface area contributed by atoms with Gasteiger partial charge < -0.3 is 14.3 Å². The van der Waals surface area contributed by atoms with E-state index in [1.807, 2.05) is 27.2 Å². The zero-order valence-corrected chi connectivity index (χ0v) is 20.4. The number of hydrogen-bond donors (Lipinski definition) is 1. The average Bonchev–Trinajstić information content (AvgIpc) is 3.12. The molecule has 1 rings (SSSR count). The van der Waals surface area contributed by atoms with Crippen LogP contribution in [0, 0.1) is 0 Å². The van der Waals surface area contributed by atoms with Gasteiger partial charge in [0.1, 0.15) is 13.2 Å². The van der Waals surface area contributed by atoms with Gasteiger partial charge in [-0.1, -0.05) is 51.2 Å². The Bertz CT molecular complexity index is 562. The fourth-order valence-electron chi connectivity index (χ4n) is 3.45. The molecule has 1 fully saturated rings. The molecule has 2 atom stereocenters. The van der Waals surface area contributed by atoms with Crippen molar-refractivity contribution in [3.8, 4) is 0 Å². The summed E-state index contributed by atoms with van der Waals surface area (Å²) in [5.74, 6) is 0.0546. The highest BCUT2D eigenvalue weighted by Gasteiger charge is 2.31. The number of amides is 1. The van der Waals surface area contributed by atoms with E-state index in [0.717, 1.165) is 19.3 Å². The molecule has 176 valence electrons. The van der Waals surface area contributed by atoms with E-state index in [4.69, 9.17) is 9.05 Å². The van der Waals surface area contributed by atoms with E-state index in [-0.39, 0.29) is 25.2 Å². The van der Waals surface area contributed by atoms with Gasteiger partial charge in [-0.2, -0.15) is 0 Å². The number of rotatable bonds is 16. The third-order valence-electron chi connectivity index (χ3n) is 5.33. The highest BCUT2D eigenvalue weighted by Crippen LogP contribution is 2.43. The van der Waals surface area contributed by atoms with Gasteiger partial charge in [-0.05, 0) is 25.7 Å². The number of phosphoric acid groups is 1. The average molecular weight is 448 g/mol. The van der Waals surface area contributed by atoms with Gasteiger partial charge in [-0.3, -0.25) is 13.8 Å². The van der Waals surface area contributed by atoms with Crippen LogP contribution in [0.3, 0.4) is 0 Å². The summed E-state index contributed by atoms with van der Waals surface area (Å²) in [6, 6.07) is -0.160. The Hall–Kier alpha value is -0.720. The molecule has 0 radical (unpaired) electrons. The SMILES string of the molecule is CCCCCCCC/C=C\CC(=O)N1CCC[C@H]1COP(=O)(O)OCC[N+](C)(C)C. The van der Waals surface area contributed by atoms with Gasteiger partial charge in [0.05, 0.1) is 33.8 Å². The van der Waals surface area contributed by atoms with Gasteiger partial charge in [0.25, 0.3) is 0 Å². The maximum absolute atomic E-state index is 12.5. The molecule has 1 aliphatic rings. The minimum absolute atomic E-state index is 0.0331. The third kappa shape index (κ3) is 12.9. The summed E-state index contributed by atoms with van der Waals surface area (Å²) in [6.07, 6.45) is 14.7. The molecule has 7 nitrogen and oxygen atoms in total. The molecule has 0 bridgehead atoms. The largest absolute Gasteiger partial charge is 0.472 e. The number of hydrogen-bond acceptors (Lipinski definition) is 4. The predicted molar refractivity (Wildman–Crippen MR) is 121 cm³/mol. The van der Waals surface area contributed by atoms with E-state index in [1.54, 1.807) is 4.90 Å². The van der Waals surface area contributed by atoms with Gasteiger partial charge in [-0.25, -0.2) is 4.57 Å². The van der Waals surface area contributed by atoms with Crippen LogP contribution >= 0.6 is 7.82 Å². The zero-order chi connectivity index (χ0) is 22.5. The molecule has 1 aliphatic heterocycles. The Morgan fingerprint density at radius 2 is 1.83 bits per heavy atom. The zero-order valence-electron chi connectivity index (χ0n) is 19.6. The topological polar surface area (TPSA) is 76.1 Å². The molecule has 1 unspecified atom stereocenters. The van der Waals surface area contributed by atoms with E-state index in [2.05, 4.69) is 13.0 Å². The quantitative estimate of drug-likeness (QED) is 0.163. The van der Waals surface area contributed by atoms with Gasteiger partial charge in [0.2, 0.25) is 5.91 Å². The molecule has 0 aromatic heterocycles. The van der Waals surface area contributed by atoms with Crippen molar-refractivity contribution in [2.45, 2.75) is 77.2 Å². The first-order valence-corrected chi connectivity index (χ1v) is 13.0. The summed E-state index contributed by atoms with van der Waals surface area (Å²) < 4.78 is 22.9. The minimum Gasteiger partial charge on any atom is -0.337 e. The maximum atomic E-state index is 12.5. The second-order valence-electron chi connectivity index (χ2n) is 9.23. The van der Waals surface area contributed by atoms with Gasteiger partial charge >= 0.3 is 7.82 Å². The van der Waals surface area contributed by atoms with Crippen molar-refractivity contribution in [3.05, 3.63) is 12.2 Å². The second-order valence-corrected chi connectivity index (χ2v) is 10.7. The lowest BCUT2D eigenvalue weighted by Crippen LogP contribution is -2.38. The van der Waals surface area contributed by atoms with Crippen molar-refractivity contribution < 1.29 is 27.8 Å². The fourth-order valence-corrected chi connectivity index (χ4v) is 4.19. The van der Waals surface area contributed by atoms with Crippen LogP contribution in [-0.2, 0) is 18.4 Å². The summed E-state index contributed by atoms with van der Waals surface area (Å²) in [7, 11) is 1.85. The van der Waals surface area contributed by atoms with Gasteiger partial charge in [0.15, 0.2) is 0 Å². The van der Waals surface area contributed by atoms with Crippen molar-refractivity contribution in [1.29, 1.82) is 0 Å². The normalized spacial score (nSPS) is 19.5. The van der Waals surface area contributed by atoms with E-state index >= 15 is 0 Å². The van der Waals surface area contributed by atoms with Crippen LogP contribution in [-0.4, -0.2) is 73.7 Å². The Morgan fingerprint density at radius 3 is 2.53 bits per heavy atom. The lowest BCUT2D eigenvalue weighted by atomic mass is 10.1. The lowest BCUT2D eigenvalue weighted by molar-refractivity contribution is -0.870. The molecular formula is C22H44N2O5P+. The number of unbranched alkanes of at least 4 members (excludes halogenated alkanes) is 6. The summed E-state index contributed by atoms with van der Waals surface area (Å²) in [5, 5.41) is 0. The van der Waals surface area contributed by atoms with E-state index in [9.17, 15) is 14.3 Å². The summed E-state index contributed by atoms with van der Waals surface area (Å²) in [5.41, 5.74) is 0. The molecule has 0 aromatic carbocycles. The van der Waals surface area contributed by atoms with E-state index < -0.39 is 7.82 Å². The molecule has 1 saturated heterocycles. The predicted octanol–water partition coefficient (Wildman–Crippen LogP) is 4.51. The van der Waals surface area contributed by atoms with E-state index in [1.165, 1.54) is 38.5 Å². The Balaban J connectivity index is 2.28. The Morgan fingerprint density at radius 1 is 1.13 bits per heavy atom. The van der Waals surface area contributed by atoms with E-state index in [0.29, 0.717) is 24.0 Å². The van der Waals surface area contributed by atoms with Crippen LogP contribution in [0.1, 0.15) is 71.1 Å². The molecule has 0 aromatic rings. The molecule has 8 heteroatoms.